The second-order valence-electron chi connectivity index (χ2n) is 6.46. The van der Waals surface area contributed by atoms with Gasteiger partial charge in [0, 0.05) is 13.3 Å². The van der Waals surface area contributed by atoms with E-state index in [1.54, 1.807) is 0 Å². The minimum absolute atomic E-state index is 0.0418. The van der Waals surface area contributed by atoms with Crippen LogP contribution in [0.4, 0.5) is 0 Å². The fourth-order valence-electron chi connectivity index (χ4n) is 3.10. The van der Waals surface area contributed by atoms with Gasteiger partial charge in [-0.05, 0) is 31.3 Å². The summed E-state index contributed by atoms with van der Waals surface area (Å²) in [5.41, 5.74) is 0. The molecule has 0 aromatic heterocycles. The monoisotopic (exact) mass is 346 g/mol. The maximum Gasteiger partial charge on any atom is 0.302 e. The first-order valence-corrected chi connectivity index (χ1v) is 11.0. The Morgan fingerprint density at radius 3 is 2.27 bits per heavy atom. The Bertz CT molecular complexity index is 301. The summed E-state index contributed by atoms with van der Waals surface area (Å²) in [7, 11) is 0. The third kappa shape index (κ3) is 8.71. The van der Waals surface area contributed by atoms with Crippen LogP contribution < -0.4 is 0 Å². The molecule has 130 valence electrons. The highest BCUT2D eigenvalue weighted by molar-refractivity contribution is 8.18. The molecule has 4 heteroatoms. The predicted octanol–water partition coefficient (Wildman–Crippen LogP) is 6.04. The molecule has 0 unspecified atom stereocenters. The number of carbonyl (C=O) groups excluding carboxylic acids is 1. The summed E-state index contributed by atoms with van der Waals surface area (Å²) in [4.78, 5) is 11.1. The van der Waals surface area contributed by atoms with Gasteiger partial charge in [-0.3, -0.25) is 4.79 Å². The molecule has 0 aliphatic carbocycles. The smallest absolute Gasteiger partial charge is 0.302 e. The van der Waals surface area contributed by atoms with E-state index in [0.29, 0.717) is 0 Å². The number of thioether (sulfide) groups is 2. The zero-order chi connectivity index (χ0) is 16.3. The molecule has 1 saturated heterocycles. The van der Waals surface area contributed by atoms with Gasteiger partial charge >= 0.3 is 5.97 Å². The lowest BCUT2D eigenvalue weighted by Crippen LogP contribution is -2.31. The molecule has 1 heterocycles. The van der Waals surface area contributed by atoms with E-state index in [4.69, 9.17) is 4.74 Å². The largest absolute Gasteiger partial charge is 0.463 e. The van der Waals surface area contributed by atoms with Crippen LogP contribution in [0, 0.1) is 0 Å². The molecule has 22 heavy (non-hydrogen) atoms. The molecule has 1 atom stereocenters. The molecule has 0 N–H and O–H groups in total. The van der Waals surface area contributed by atoms with E-state index >= 15 is 0 Å². The zero-order valence-electron chi connectivity index (χ0n) is 14.7. The first kappa shape index (κ1) is 20.2. The molecule has 0 saturated carbocycles. The van der Waals surface area contributed by atoms with Crippen molar-refractivity contribution in [2.24, 2.45) is 0 Å². The van der Waals surface area contributed by atoms with Gasteiger partial charge in [0.05, 0.1) is 4.08 Å². The Balaban J connectivity index is 2.31. The average molecular weight is 347 g/mol. The van der Waals surface area contributed by atoms with E-state index in [-0.39, 0.29) is 16.2 Å². The molecule has 0 aromatic carbocycles. The molecule has 0 spiro atoms. The maximum absolute atomic E-state index is 11.1. The van der Waals surface area contributed by atoms with Crippen LogP contribution in [0.15, 0.2) is 0 Å². The Labute approximate surface area is 145 Å². The van der Waals surface area contributed by atoms with Crippen molar-refractivity contribution in [1.82, 2.24) is 0 Å². The van der Waals surface area contributed by atoms with Crippen LogP contribution in [0.25, 0.3) is 0 Å². The minimum atomic E-state index is -0.149. The van der Waals surface area contributed by atoms with Gasteiger partial charge in [0.1, 0.15) is 6.10 Å². The van der Waals surface area contributed by atoms with Gasteiger partial charge in [-0.25, -0.2) is 0 Å². The van der Waals surface area contributed by atoms with E-state index < -0.39 is 0 Å². The first-order valence-electron chi connectivity index (χ1n) is 9.03. The van der Waals surface area contributed by atoms with Crippen molar-refractivity contribution in [2.75, 3.05) is 11.5 Å². The number of carbonyl (C=O) groups is 1. The fraction of sp³-hybridized carbons (Fsp3) is 0.944. The molecule has 0 bridgehead atoms. The number of hydrogen-bond donors (Lipinski definition) is 0. The molecule has 0 radical (unpaired) electrons. The number of esters is 1. The second kappa shape index (κ2) is 11.7. The van der Waals surface area contributed by atoms with Crippen LogP contribution in [-0.2, 0) is 9.53 Å². The summed E-state index contributed by atoms with van der Waals surface area (Å²) in [6, 6.07) is 0. The summed E-state index contributed by atoms with van der Waals surface area (Å²) in [6.45, 7) is 5.83. The number of hydrogen-bond acceptors (Lipinski definition) is 4. The highest BCUT2D eigenvalue weighted by Crippen LogP contribution is 2.49. The molecule has 0 aromatic rings. The Morgan fingerprint density at radius 2 is 1.68 bits per heavy atom. The van der Waals surface area contributed by atoms with Gasteiger partial charge in [0.2, 0.25) is 0 Å². The van der Waals surface area contributed by atoms with Gasteiger partial charge in [0.25, 0.3) is 0 Å². The molecular formula is C18H34O2S2. The second-order valence-corrected chi connectivity index (χ2v) is 9.67. The van der Waals surface area contributed by atoms with Gasteiger partial charge in [0.15, 0.2) is 0 Å². The summed E-state index contributed by atoms with van der Waals surface area (Å²) >= 11 is 4.22. The molecule has 1 rings (SSSR count). The highest BCUT2D eigenvalue weighted by atomic mass is 32.2. The van der Waals surface area contributed by atoms with Crippen LogP contribution in [0.3, 0.4) is 0 Å². The molecular weight excluding hydrogens is 312 g/mol. The summed E-state index contributed by atoms with van der Waals surface area (Å²) in [5.74, 6) is 2.37. The Hall–Kier alpha value is 0.170. The zero-order valence-corrected chi connectivity index (χ0v) is 16.3. The minimum Gasteiger partial charge on any atom is -0.463 e. The molecule has 2 nitrogen and oxygen atoms in total. The van der Waals surface area contributed by atoms with E-state index in [1.165, 1.54) is 76.2 Å². The number of ether oxygens (including phenoxy) is 1. The van der Waals surface area contributed by atoms with Crippen molar-refractivity contribution in [3.63, 3.8) is 0 Å². The van der Waals surface area contributed by atoms with Crippen molar-refractivity contribution >= 4 is 29.5 Å². The maximum atomic E-state index is 11.1. The Morgan fingerprint density at radius 1 is 1.09 bits per heavy atom. The summed E-state index contributed by atoms with van der Waals surface area (Å²) in [6.07, 6.45) is 13.2. The standard InChI is InChI=1S/C18H34O2S2/c1-4-5-6-7-8-9-10-12-18(21-13-11-14-22-18)15-16(2)20-17(3)19/h16H,4-15H2,1-3H3/t16-/m0/s1. The molecule has 1 fully saturated rings. The van der Waals surface area contributed by atoms with Gasteiger partial charge in [-0.1, -0.05) is 51.9 Å². The van der Waals surface area contributed by atoms with Crippen LogP contribution in [0.2, 0.25) is 0 Å². The third-order valence-corrected chi connectivity index (χ3v) is 7.63. The lowest BCUT2D eigenvalue weighted by molar-refractivity contribution is -0.145. The van der Waals surface area contributed by atoms with Crippen molar-refractivity contribution < 1.29 is 9.53 Å². The normalized spacial score (nSPS) is 18.9. The Kier molecular flexibility index (Phi) is 10.7. The number of rotatable bonds is 11. The van der Waals surface area contributed by atoms with Gasteiger partial charge in [-0.15, -0.1) is 23.5 Å². The lowest BCUT2D eigenvalue weighted by Gasteiger charge is -2.38. The van der Waals surface area contributed by atoms with Crippen molar-refractivity contribution in [2.45, 2.75) is 95.2 Å². The molecule has 0 amide bonds. The average Bonchev–Trinajstić information content (AvgIpc) is 2.46. The van der Waals surface area contributed by atoms with E-state index in [2.05, 4.69) is 30.4 Å². The summed E-state index contributed by atoms with van der Waals surface area (Å²) in [5, 5.41) is 0. The lowest BCUT2D eigenvalue weighted by atomic mass is 10.0. The highest BCUT2D eigenvalue weighted by Gasteiger charge is 2.35. The predicted molar refractivity (Wildman–Crippen MR) is 101 cm³/mol. The van der Waals surface area contributed by atoms with Crippen molar-refractivity contribution in [3.8, 4) is 0 Å². The molecule has 1 aliphatic heterocycles. The van der Waals surface area contributed by atoms with Crippen LogP contribution in [-0.4, -0.2) is 27.7 Å². The van der Waals surface area contributed by atoms with E-state index in [1.807, 2.05) is 6.92 Å². The van der Waals surface area contributed by atoms with E-state index in [9.17, 15) is 4.79 Å². The third-order valence-electron chi connectivity index (χ3n) is 4.15. The van der Waals surface area contributed by atoms with Crippen LogP contribution in [0.5, 0.6) is 0 Å². The van der Waals surface area contributed by atoms with Gasteiger partial charge < -0.3 is 4.74 Å². The van der Waals surface area contributed by atoms with Crippen molar-refractivity contribution in [1.29, 1.82) is 0 Å². The SMILES string of the molecule is CCCCCCCCCC1(C[C@H](C)OC(C)=O)SCCCS1. The van der Waals surface area contributed by atoms with E-state index in [0.717, 1.165) is 6.42 Å². The summed E-state index contributed by atoms with van der Waals surface area (Å²) < 4.78 is 5.67. The first-order chi connectivity index (χ1) is 10.6. The number of unbranched alkanes of at least 4 members (excludes halogenated alkanes) is 6. The molecule has 1 aliphatic rings. The fourth-order valence-corrected chi connectivity index (χ4v) is 6.72. The topological polar surface area (TPSA) is 26.3 Å². The van der Waals surface area contributed by atoms with Gasteiger partial charge in [-0.2, -0.15) is 0 Å². The van der Waals surface area contributed by atoms with Crippen molar-refractivity contribution in [3.05, 3.63) is 0 Å². The quantitative estimate of drug-likeness (QED) is 0.337. The van der Waals surface area contributed by atoms with Crippen LogP contribution >= 0.6 is 23.5 Å². The van der Waals surface area contributed by atoms with Crippen LogP contribution in [0.1, 0.15) is 85.0 Å².